The second-order valence-electron chi connectivity index (χ2n) is 2.47. The van der Waals surface area contributed by atoms with E-state index in [1.54, 1.807) is 19.9 Å². The summed E-state index contributed by atoms with van der Waals surface area (Å²) in [4.78, 5) is 0. The number of allylic oxidation sites excluding steroid dienone is 2. The van der Waals surface area contributed by atoms with Crippen LogP contribution in [0.2, 0.25) is 0 Å². The minimum Gasteiger partial charge on any atom is -0.400 e. The van der Waals surface area contributed by atoms with Crippen molar-refractivity contribution in [1.82, 2.24) is 0 Å². The first-order chi connectivity index (χ1) is 4.54. The average molecular weight is 135 g/mol. The third kappa shape index (κ3) is 1.80. The Hall–Kier alpha value is -1.48. The van der Waals surface area contributed by atoms with Crippen LogP contribution in [-0.4, -0.2) is 0 Å². The highest BCUT2D eigenvalue weighted by molar-refractivity contribution is 5.22. The first-order valence-electron chi connectivity index (χ1n) is 2.81. The molecule has 10 heavy (non-hydrogen) atoms. The molecule has 0 aromatic heterocycles. The number of hydrogen-bond donors (Lipinski definition) is 1. The largest absolute Gasteiger partial charge is 0.400 e. The van der Waals surface area contributed by atoms with Crippen LogP contribution in [0.25, 0.3) is 0 Å². The Labute approximate surface area is 60.4 Å². The summed E-state index contributed by atoms with van der Waals surface area (Å²) in [6.07, 6.45) is 1.18. The van der Waals surface area contributed by atoms with Crippen LogP contribution < -0.4 is 5.73 Å². The Morgan fingerprint density at radius 1 is 1.50 bits per heavy atom. The molecule has 0 unspecified atom stereocenters. The molecule has 0 aliphatic heterocycles. The van der Waals surface area contributed by atoms with Gasteiger partial charge in [-0.05, 0) is 13.8 Å². The fourth-order valence-electron chi connectivity index (χ4n) is 0.315. The van der Waals surface area contributed by atoms with Gasteiger partial charge in [0.1, 0.15) is 0 Å². The molecule has 0 aromatic rings. The van der Waals surface area contributed by atoms with Crippen molar-refractivity contribution in [2.24, 2.45) is 11.1 Å². The fraction of sp³-hybridized carbons (Fsp3) is 0.429. The Bertz CT molecular complexity index is 224. The Morgan fingerprint density at radius 2 is 2.00 bits per heavy atom. The van der Waals surface area contributed by atoms with E-state index < -0.39 is 5.41 Å². The minimum atomic E-state index is -0.726. The second kappa shape index (κ2) is 2.89. The molecule has 0 heterocycles. The van der Waals surface area contributed by atoms with Crippen molar-refractivity contribution in [2.45, 2.75) is 13.8 Å². The molecule has 0 saturated carbocycles. The van der Waals surface area contributed by atoms with Gasteiger partial charge in [-0.15, -0.1) is 0 Å². The topological polar surface area (TPSA) is 73.6 Å². The van der Waals surface area contributed by atoms with Crippen LogP contribution in [0.4, 0.5) is 0 Å². The molecule has 0 saturated heterocycles. The third-order valence-corrected chi connectivity index (χ3v) is 1.22. The van der Waals surface area contributed by atoms with Crippen molar-refractivity contribution in [1.29, 1.82) is 10.5 Å². The van der Waals surface area contributed by atoms with Crippen molar-refractivity contribution in [3.63, 3.8) is 0 Å². The first kappa shape index (κ1) is 8.52. The minimum absolute atomic E-state index is 0.303. The Balaban J connectivity index is 4.56. The molecule has 52 valence electrons. The van der Waals surface area contributed by atoms with Gasteiger partial charge >= 0.3 is 0 Å². The van der Waals surface area contributed by atoms with Crippen LogP contribution in [0.5, 0.6) is 0 Å². The zero-order valence-electron chi connectivity index (χ0n) is 6.05. The molecule has 0 atom stereocenters. The normalized spacial score (nSPS) is 11.8. The molecule has 2 N–H and O–H groups in total. The van der Waals surface area contributed by atoms with Crippen LogP contribution in [-0.2, 0) is 0 Å². The predicted octanol–water partition coefficient (Wildman–Crippen LogP) is 0.902. The number of nitrogens with two attached hydrogens (primary N) is 1. The summed E-state index contributed by atoms with van der Waals surface area (Å²) in [5.74, 6) is 0. The van der Waals surface area contributed by atoms with E-state index in [9.17, 15) is 0 Å². The zero-order valence-corrected chi connectivity index (χ0v) is 6.05. The third-order valence-electron chi connectivity index (χ3n) is 1.22. The lowest BCUT2D eigenvalue weighted by molar-refractivity contribution is 0.589. The van der Waals surface area contributed by atoms with Gasteiger partial charge in [-0.3, -0.25) is 0 Å². The van der Waals surface area contributed by atoms with E-state index in [0.717, 1.165) is 0 Å². The van der Waals surface area contributed by atoms with Gasteiger partial charge < -0.3 is 5.73 Å². The molecule has 0 fully saturated rings. The van der Waals surface area contributed by atoms with Gasteiger partial charge in [-0.1, -0.05) is 0 Å². The van der Waals surface area contributed by atoms with Crippen LogP contribution in [0, 0.1) is 28.1 Å². The predicted molar refractivity (Wildman–Crippen MR) is 37.3 cm³/mol. The van der Waals surface area contributed by atoms with Crippen LogP contribution in [0.1, 0.15) is 13.8 Å². The monoisotopic (exact) mass is 135 g/mol. The van der Waals surface area contributed by atoms with E-state index in [-0.39, 0.29) is 0 Å². The first-order valence-corrected chi connectivity index (χ1v) is 2.81. The Morgan fingerprint density at radius 3 is 2.30 bits per heavy atom. The second-order valence-corrected chi connectivity index (χ2v) is 2.47. The number of nitriles is 2. The molecule has 0 amide bonds. The lowest BCUT2D eigenvalue weighted by Gasteiger charge is -2.13. The summed E-state index contributed by atoms with van der Waals surface area (Å²) >= 11 is 0. The van der Waals surface area contributed by atoms with E-state index in [1.807, 2.05) is 6.07 Å². The molecule has 3 nitrogen and oxygen atoms in total. The van der Waals surface area contributed by atoms with E-state index in [0.29, 0.717) is 5.70 Å². The maximum absolute atomic E-state index is 8.51. The molecule has 0 aliphatic carbocycles. The van der Waals surface area contributed by atoms with Crippen molar-refractivity contribution in [3.8, 4) is 12.1 Å². The smallest absolute Gasteiger partial charge is 0.0930 e. The lowest BCUT2D eigenvalue weighted by Crippen LogP contribution is -2.18. The maximum Gasteiger partial charge on any atom is 0.0930 e. The summed E-state index contributed by atoms with van der Waals surface area (Å²) in [6.45, 7) is 3.33. The van der Waals surface area contributed by atoms with Gasteiger partial charge in [0, 0.05) is 11.8 Å². The van der Waals surface area contributed by atoms with E-state index in [4.69, 9.17) is 16.3 Å². The summed E-state index contributed by atoms with van der Waals surface area (Å²) in [7, 11) is 0. The van der Waals surface area contributed by atoms with Gasteiger partial charge in [0.15, 0.2) is 0 Å². The molecular formula is C7H9N3. The quantitative estimate of drug-likeness (QED) is 0.543. The molecular weight excluding hydrogens is 126 g/mol. The number of nitrogens with zero attached hydrogens (tertiary/aromatic N) is 2. The summed E-state index contributed by atoms with van der Waals surface area (Å²) in [5.41, 5.74) is 4.97. The van der Waals surface area contributed by atoms with Gasteiger partial charge in [0.05, 0.1) is 17.6 Å². The zero-order chi connectivity index (χ0) is 8.20. The molecule has 0 aromatic carbocycles. The Kier molecular flexibility index (Phi) is 2.46. The fourth-order valence-corrected chi connectivity index (χ4v) is 0.315. The number of rotatable bonds is 1. The number of hydrogen-bond acceptors (Lipinski definition) is 3. The van der Waals surface area contributed by atoms with Crippen molar-refractivity contribution in [3.05, 3.63) is 11.8 Å². The van der Waals surface area contributed by atoms with E-state index in [1.165, 1.54) is 6.08 Å². The highest BCUT2D eigenvalue weighted by Gasteiger charge is 2.19. The van der Waals surface area contributed by atoms with Crippen LogP contribution in [0.3, 0.4) is 0 Å². The van der Waals surface area contributed by atoms with Crippen molar-refractivity contribution < 1.29 is 0 Å². The van der Waals surface area contributed by atoms with E-state index in [2.05, 4.69) is 0 Å². The standard InChI is InChI=1S/C7H9N3/c1-7(2,5-9)6(10)3-4-8/h3H,10H2,1-2H3. The molecule has 0 rings (SSSR count). The van der Waals surface area contributed by atoms with Gasteiger partial charge in [-0.2, -0.15) is 10.5 Å². The van der Waals surface area contributed by atoms with Gasteiger partial charge in [0.25, 0.3) is 0 Å². The molecule has 0 radical (unpaired) electrons. The van der Waals surface area contributed by atoms with Gasteiger partial charge in [0.2, 0.25) is 0 Å². The van der Waals surface area contributed by atoms with Crippen LogP contribution >= 0.6 is 0 Å². The lowest BCUT2D eigenvalue weighted by atomic mass is 9.91. The summed E-state index contributed by atoms with van der Waals surface area (Å²) in [5, 5.41) is 16.7. The molecule has 3 heteroatoms. The summed E-state index contributed by atoms with van der Waals surface area (Å²) < 4.78 is 0. The molecule has 0 bridgehead atoms. The van der Waals surface area contributed by atoms with Crippen LogP contribution in [0.15, 0.2) is 11.8 Å². The maximum atomic E-state index is 8.51. The van der Waals surface area contributed by atoms with E-state index >= 15 is 0 Å². The molecule has 0 aliphatic rings. The SMILES string of the molecule is CC(C)(C#N)C(N)=CC#N. The van der Waals surface area contributed by atoms with Crippen molar-refractivity contribution in [2.75, 3.05) is 0 Å². The highest BCUT2D eigenvalue weighted by Crippen LogP contribution is 2.19. The highest BCUT2D eigenvalue weighted by atomic mass is 14.6. The average Bonchev–Trinajstić information content (AvgIpc) is 1.89. The molecule has 0 spiro atoms. The van der Waals surface area contributed by atoms with Gasteiger partial charge in [-0.25, -0.2) is 0 Å². The summed E-state index contributed by atoms with van der Waals surface area (Å²) in [6, 6.07) is 3.75. The van der Waals surface area contributed by atoms with Crippen molar-refractivity contribution >= 4 is 0 Å².